The summed E-state index contributed by atoms with van der Waals surface area (Å²) in [6.45, 7) is 1.11. The third kappa shape index (κ3) is 3.81. The second-order valence-electron chi connectivity index (χ2n) is 4.19. The minimum Gasteiger partial charge on any atom is -0.384 e. The molecule has 4 nitrogen and oxygen atoms in total. The van der Waals surface area contributed by atoms with Crippen LogP contribution in [0, 0.1) is 0 Å². The van der Waals surface area contributed by atoms with Crippen molar-refractivity contribution in [3.05, 3.63) is 60.2 Å². The molecule has 19 heavy (non-hydrogen) atoms. The van der Waals surface area contributed by atoms with Gasteiger partial charge in [0.1, 0.15) is 0 Å². The summed E-state index contributed by atoms with van der Waals surface area (Å²) < 4.78 is 21.2. The van der Waals surface area contributed by atoms with Crippen LogP contribution in [0.15, 0.2) is 59.5 Å². The molecule has 0 bridgehead atoms. The summed E-state index contributed by atoms with van der Waals surface area (Å²) in [7, 11) is -3.50. The maximum absolute atomic E-state index is 10.6. The highest BCUT2D eigenvalue weighted by Gasteiger charge is 2.06. The molecule has 0 saturated carbocycles. The van der Waals surface area contributed by atoms with Gasteiger partial charge in [0.05, 0.1) is 4.90 Å². The lowest BCUT2D eigenvalue weighted by molar-refractivity contribution is 0.598. The van der Waals surface area contributed by atoms with Crippen LogP contribution < -0.4 is 10.5 Å². The quantitative estimate of drug-likeness (QED) is 0.836. The number of para-hydroxylation sites is 1. The van der Waals surface area contributed by atoms with Gasteiger partial charge in [0.2, 0.25) is 10.0 Å². The van der Waals surface area contributed by atoms with Crippen molar-refractivity contribution < 1.29 is 8.42 Å². The zero-order chi connectivity index (χ0) is 13.7. The molecule has 0 saturated heterocycles. The lowest BCUT2D eigenvalue weighted by Crippen LogP contribution is -2.11. The number of primary sulfonamides is 1. The van der Waals surface area contributed by atoms with Gasteiger partial charge in [-0.25, -0.2) is 13.6 Å². The fraction of sp³-hybridized carbons (Fsp3) is 0.143. The molecule has 3 rings (SSSR count). The van der Waals surface area contributed by atoms with Crippen molar-refractivity contribution in [3.63, 3.8) is 0 Å². The Kier molecular flexibility index (Phi) is 4.19. The Hall–Kier alpha value is -1.85. The molecule has 0 fully saturated rings. The van der Waals surface area contributed by atoms with Crippen molar-refractivity contribution in [3.8, 4) is 0 Å². The molecule has 0 aromatic heterocycles. The molecule has 1 aliphatic rings. The van der Waals surface area contributed by atoms with Crippen LogP contribution in [0.4, 0.5) is 5.69 Å². The molecule has 1 aliphatic heterocycles. The third-order valence-electron chi connectivity index (χ3n) is 2.80. The first-order valence-corrected chi connectivity index (χ1v) is 7.51. The van der Waals surface area contributed by atoms with Gasteiger partial charge >= 0.3 is 0 Å². The first-order chi connectivity index (χ1) is 9.07. The number of nitrogens with two attached hydrogens (primary N) is 1. The van der Waals surface area contributed by atoms with Crippen LogP contribution in [0.2, 0.25) is 0 Å². The Morgan fingerprint density at radius 3 is 2.16 bits per heavy atom. The summed E-state index contributed by atoms with van der Waals surface area (Å²) >= 11 is 0. The average Bonchev–Trinajstić information content (AvgIpc) is 2.88. The molecule has 2 aromatic rings. The van der Waals surface area contributed by atoms with Gasteiger partial charge in [-0.15, -0.1) is 0 Å². The fourth-order valence-corrected chi connectivity index (χ4v) is 2.39. The van der Waals surface area contributed by atoms with Crippen LogP contribution in [-0.2, 0) is 16.4 Å². The highest BCUT2D eigenvalue weighted by Crippen LogP contribution is 2.19. The Morgan fingerprint density at radius 1 is 0.947 bits per heavy atom. The van der Waals surface area contributed by atoms with Crippen molar-refractivity contribution in [2.24, 2.45) is 5.14 Å². The zero-order valence-corrected chi connectivity index (χ0v) is 11.2. The summed E-state index contributed by atoms with van der Waals surface area (Å²) in [6, 6.07) is 16.3. The molecule has 0 atom stereocenters. The summed E-state index contributed by atoms with van der Waals surface area (Å²) in [5.74, 6) is 0. The Balaban J connectivity index is 0.000000141. The molecule has 5 heteroatoms. The summed E-state index contributed by atoms with van der Waals surface area (Å²) in [5, 5.41) is 8.13. The van der Waals surface area contributed by atoms with Gasteiger partial charge in [-0.2, -0.15) is 0 Å². The second-order valence-corrected chi connectivity index (χ2v) is 5.75. The van der Waals surface area contributed by atoms with Crippen LogP contribution >= 0.6 is 0 Å². The molecule has 2 aromatic carbocycles. The zero-order valence-electron chi connectivity index (χ0n) is 10.4. The minimum atomic E-state index is -3.50. The largest absolute Gasteiger partial charge is 0.384 e. The second kappa shape index (κ2) is 5.86. The van der Waals surface area contributed by atoms with Gasteiger partial charge in [0.25, 0.3) is 0 Å². The standard InChI is InChI=1S/C8H9N.C6H7NO2S/c1-2-4-8-7(3-1)5-6-9-8;7-10(8,9)6-4-2-1-3-5-6/h1-4,9H,5-6H2;1-5H,(H2,7,8,9). The monoisotopic (exact) mass is 276 g/mol. The van der Waals surface area contributed by atoms with Crippen molar-refractivity contribution >= 4 is 15.7 Å². The number of benzene rings is 2. The lowest BCUT2D eigenvalue weighted by atomic mass is 10.2. The van der Waals surface area contributed by atoms with Crippen molar-refractivity contribution in [1.82, 2.24) is 0 Å². The maximum Gasteiger partial charge on any atom is 0.238 e. The SMILES string of the molecule is NS(=O)(=O)c1ccccc1.c1ccc2c(c1)CCN2. The van der Waals surface area contributed by atoms with Crippen LogP contribution in [0.1, 0.15) is 5.56 Å². The highest BCUT2D eigenvalue weighted by molar-refractivity contribution is 7.89. The van der Waals surface area contributed by atoms with E-state index in [1.54, 1.807) is 18.2 Å². The van der Waals surface area contributed by atoms with Gasteiger partial charge < -0.3 is 5.32 Å². The molecule has 0 unspecified atom stereocenters. The number of fused-ring (bicyclic) bond motifs is 1. The van der Waals surface area contributed by atoms with Crippen LogP contribution in [-0.4, -0.2) is 15.0 Å². The normalized spacial score (nSPS) is 12.9. The van der Waals surface area contributed by atoms with E-state index in [4.69, 9.17) is 5.14 Å². The fourth-order valence-electron chi connectivity index (χ4n) is 1.85. The van der Waals surface area contributed by atoms with Crippen LogP contribution in [0.3, 0.4) is 0 Å². The molecular weight excluding hydrogens is 260 g/mol. The maximum atomic E-state index is 10.6. The van der Waals surface area contributed by atoms with Gasteiger partial charge in [-0.05, 0) is 30.2 Å². The number of nitrogens with one attached hydrogen (secondary N) is 1. The van der Waals surface area contributed by atoms with Gasteiger partial charge in [0, 0.05) is 12.2 Å². The van der Waals surface area contributed by atoms with Crippen molar-refractivity contribution in [1.29, 1.82) is 0 Å². The number of hydrogen-bond donors (Lipinski definition) is 2. The van der Waals surface area contributed by atoms with Crippen LogP contribution in [0.5, 0.6) is 0 Å². The number of sulfonamides is 1. The Bertz CT molecular complexity index is 617. The molecule has 0 radical (unpaired) electrons. The molecule has 0 amide bonds. The first-order valence-electron chi connectivity index (χ1n) is 5.97. The van der Waals surface area contributed by atoms with E-state index in [1.165, 1.54) is 29.8 Å². The van der Waals surface area contributed by atoms with E-state index >= 15 is 0 Å². The molecule has 0 aliphatic carbocycles. The molecule has 0 spiro atoms. The van der Waals surface area contributed by atoms with E-state index in [0.717, 1.165) is 6.54 Å². The lowest BCUT2D eigenvalue weighted by Gasteiger charge is -1.94. The van der Waals surface area contributed by atoms with E-state index < -0.39 is 10.0 Å². The average molecular weight is 276 g/mol. The third-order valence-corrected chi connectivity index (χ3v) is 3.73. The topological polar surface area (TPSA) is 72.2 Å². The molecular formula is C14H16N2O2S. The van der Waals surface area contributed by atoms with E-state index in [0.29, 0.717) is 0 Å². The Morgan fingerprint density at radius 2 is 1.58 bits per heavy atom. The molecule has 100 valence electrons. The van der Waals surface area contributed by atoms with E-state index in [2.05, 4.69) is 29.6 Å². The van der Waals surface area contributed by atoms with E-state index in [1.807, 2.05) is 0 Å². The van der Waals surface area contributed by atoms with Gasteiger partial charge in [-0.1, -0.05) is 36.4 Å². The smallest absolute Gasteiger partial charge is 0.238 e. The number of hydrogen-bond acceptors (Lipinski definition) is 3. The van der Waals surface area contributed by atoms with Gasteiger partial charge in [0.15, 0.2) is 0 Å². The molecule has 1 heterocycles. The minimum absolute atomic E-state index is 0.148. The first kappa shape index (κ1) is 13.6. The summed E-state index contributed by atoms with van der Waals surface area (Å²) in [4.78, 5) is 0.148. The van der Waals surface area contributed by atoms with Crippen LogP contribution in [0.25, 0.3) is 0 Å². The van der Waals surface area contributed by atoms with Crippen molar-refractivity contribution in [2.75, 3.05) is 11.9 Å². The number of anilines is 1. The summed E-state index contributed by atoms with van der Waals surface area (Å²) in [5.41, 5.74) is 2.77. The summed E-state index contributed by atoms with van der Waals surface area (Å²) in [6.07, 6.45) is 1.19. The molecule has 3 N–H and O–H groups in total. The van der Waals surface area contributed by atoms with E-state index in [9.17, 15) is 8.42 Å². The van der Waals surface area contributed by atoms with Gasteiger partial charge in [-0.3, -0.25) is 0 Å². The number of rotatable bonds is 1. The Labute approximate surface area is 113 Å². The van der Waals surface area contributed by atoms with E-state index in [-0.39, 0.29) is 4.90 Å². The van der Waals surface area contributed by atoms with Crippen molar-refractivity contribution in [2.45, 2.75) is 11.3 Å². The highest BCUT2D eigenvalue weighted by atomic mass is 32.2. The predicted molar refractivity (Wildman–Crippen MR) is 76.5 cm³/mol. The predicted octanol–water partition coefficient (Wildman–Crippen LogP) is 1.99.